The van der Waals surface area contributed by atoms with Crippen LogP contribution in [0, 0.1) is 27.7 Å². The van der Waals surface area contributed by atoms with Crippen molar-refractivity contribution in [3.63, 3.8) is 0 Å². The van der Waals surface area contributed by atoms with Gasteiger partial charge in [-0.05, 0) is 51.0 Å². The second-order valence-electron chi connectivity index (χ2n) is 6.03. The fourth-order valence-corrected chi connectivity index (χ4v) is 2.58. The summed E-state index contributed by atoms with van der Waals surface area (Å²) in [7, 11) is 0. The maximum absolute atomic E-state index is 4.59. The Kier molecular flexibility index (Phi) is 4.19. The van der Waals surface area contributed by atoms with Gasteiger partial charge in [0.2, 0.25) is 0 Å². The number of hydrogen-bond acceptors (Lipinski definition) is 3. The lowest BCUT2D eigenvalue weighted by Crippen LogP contribution is -2.29. The Morgan fingerprint density at radius 2 is 1.26 bits per heavy atom. The number of aryl methyl sites for hydroxylation is 4. The lowest BCUT2D eigenvalue weighted by molar-refractivity contribution is 0.496. The average molecular weight is 309 g/mol. The lowest BCUT2D eigenvalue weighted by Gasteiger charge is -2.24. The highest BCUT2D eigenvalue weighted by Crippen LogP contribution is 2.16. The first-order chi connectivity index (χ1) is 11.0. The minimum absolute atomic E-state index is 0.691. The first-order valence-corrected chi connectivity index (χ1v) is 7.84. The van der Waals surface area contributed by atoms with Crippen molar-refractivity contribution in [2.75, 3.05) is 4.90 Å². The number of nitrogens with zero attached hydrogens (tertiary/aromatic N) is 5. The minimum Gasteiger partial charge on any atom is -0.332 e. The van der Waals surface area contributed by atoms with Crippen molar-refractivity contribution in [3.8, 4) is 0 Å². The summed E-state index contributed by atoms with van der Waals surface area (Å²) in [6.45, 7) is 9.64. The number of rotatable bonds is 5. The standard InChI is InChI=1S/C18H23N5/c1-14-10-22(19-16(14)3)12-21(18-8-6-5-7-9-18)13-23-11-15(2)17(4)20-23/h5-11H,12-13H2,1-4H3. The molecule has 0 saturated carbocycles. The van der Waals surface area contributed by atoms with Crippen LogP contribution >= 0.6 is 0 Å². The summed E-state index contributed by atoms with van der Waals surface area (Å²) in [6, 6.07) is 10.4. The van der Waals surface area contributed by atoms with Gasteiger partial charge in [-0.1, -0.05) is 18.2 Å². The summed E-state index contributed by atoms with van der Waals surface area (Å²) in [4.78, 5) is 2.26. The van der Waals surface area contributed by atoms with Gasteiger partial charge in [0.25, 0.3) is 0 Å². The summed E-state index contributed by atoms with van der Waals surface area (Å²) in [6.07, 6.45) is 4.18. The normalized spacial score (nSPS) is 11.0. The van der Waals surface area contributed by atoms with E-state index in [0.717, 1.165) is 17.1 Å². The summed E-state index contributed by atoms with van der Waals surface area (Å²) < 4.78 is 3.97. The molecule has 0 bridgehead atoms. The van der Waals surface area contributed by atoms with Gasteiger partial charge < -0.3 is 4.90 Å². The molecule has 120 valence electrons. The Morgan fingerprint density at radius 1 is 0.783 bits per heavy atom. The summed E-state index contributed by atoms with van der Waals surface area (Å²) in [5.74, 6) is 0. The third-order valence-electron chi connectivity index (χ3n) is 4.14. The number of para-hydroxylation sites is 1. The van der Waals surface area contributed by atoms with Crippen LogP contribution in [0.3, 0.4) is 0 Å². The maximum atomic E-state index is 4.59. The second kappa shape index (κ2) is 6.28. The van der Waals surface area contributed by atoms with Crippen molar-refractivity contribution in [2.45, 2.75) is 41.0 Å². The number of anilines is 1. The summed E-state index contributed by atoms with van der Waals surface area (Å²) in [5.41, 5.74) is 5.73. The van der Waals surface area contributed by atoms with E-state index < -0.39 is 0 Å². The molecule has 0 atom stereocenters. The van der Waals surface area contributed by atoms with Crippen molar-refractivity contribution in [1.82, 2.24) is 19.6 Å². The van der Waals surface area contributed by atoms with E-state index >= 15 is 0 Å². The zero-order valence-electron chi connectivity index (χ0n) is 14.2. The third-order valence-corrected chi connectivity index (χ3v) is 4.14. The van der Waals surface area contributed by atoms with Gasteiger partial charge in [-0.2, -0.15) is 10.2 Å². The molecule has 3 aromatic rings. The third kappa shape index (κ3) is 3.44. The molecule has 0 fully saturated rings. The van der Waals surface area contributed by atoms with Crippen LogP contribution in [0.1, 0.15) is 22.5 Å². The van der Waals surface area contributed by atoms with E-state index in [4.69, 9.17) is 0 Å². The second-order valence-corrected chi connectivity index (χ2v) is 6.03. The van der Waals surface area contributed by atoms with Crippen LogP contribution in [0.2, 0.25) is 0 Å². The summed E-state index contributed by atoms with van der Waals surface area (Å²) in [5, 5.41) is 9.17. The molecule has 0 radical (unpaired) electrons. The van der Waals surface area contributed by atoms with Crippen LogP contribution in [0.5, 0.6) is 0 Å². The quantitative estimate of drug-likeness (QED) is 0.725. The van der Waals surface area contributed by atoms with Gasteiger partial charge in [-0.15, -0.1) is 0 Å². The molecule has 23 heavy (non-hydrogen) atoms. The molecular weight excluding hydrogens is 286 g/mol. The molecule has 0 N–H and O–H groups in total. The largest absolute Gasteiger partial charge is 0.332 e. The highest BCUT2D eigenvalue weighted by molar-refractivity contribution is 5.44. The molecular formula is C18H23N5. The van der Waals surface area contributed by atoms with Gasteiger partial charge in [-0.3, -0.25) is 9.36 Å². The van der Waals surface area contributed by atoms with Crippen LogP contribution in [-0.4, -0.2) is 19.6 Å². The number of aromatic nitrogens is 4. The van der Waals surface area contributed by atoms with Crippen molar-refractivity contribution >= 4 is 5.69 Å². The fourth-order valence-electron chi connectivity index (χ4n) is 2.58. The van der Waals surface area contributed by atoms with Crippen molar-refractivity contribution in [3.05, 3.63) is 65.2 Å². The summed E-state index contributed by atoms with van der Waals surface area (Å²) >= 11 is 0. The van der Waals surface area contributed by atoms with E-state index in [0.29, 0.717) is 13.3 Å². The van der Waals surface area contributed by atoms with Crippen LogP contribution in [0.15, 0.2) is 42.7 Å². The molecule has 1 aromatic carbocycles. The predicted molar refractivity (Wildman–Crippen MR) is 92.3 cm³/mol. The highest BCUT2D eigenvalue weighted by atomic mass is 15.4. The van der Waals surface area contributed by atoms with E-state index in [9.17, 15) is 0 Å². The average Bonchev–Trinajstić information content (AvgIpc) is 3.01. The molecule has 0 spiro atoms. The lowest BCUT2D eigenvalue weighted by atomic mass is 10.3. The van der Waals surface area contributed by atoms with Crippen LogP contribution in [-0.2, 0) is 13.3 Å². The highest BCUT2D eigenvalue weighted by Gasteiger charge is 2.11. The number of hydrogen-bond donors (Lipinski definition) is 0. The van der Waals surface area contributed by atoms with E-state index in [2.05, 4.69) is 65.6 Å². The first-order valence-electron chi connectivity index (χ1n) is 7.84. The number of benzene rings is 1. The minimum atomic E-state index is 0.691. The monoisotopic (exact) mass is 309 g/mol. The van der Waals surface area contributed by atoms with Crippen molar-refractivity contribution in [2.24, 2.45) is 0 Å². The Labute approximate surface area is 137 Å². The maximum Gasteiger partial charge on any atom is 0.113 e. The zero-order chi connectivity index (χ0) is 16.4. The van der Waals surface area contributed by atoms with Gasteiger partial charge in [0, 0.05) is 18.1 Å². The van der Waals surface area contributed by atoms with Crippen LogP contribution in [0.25, 0.3) is 0 Å². The predicted octanol–water partition coefficient (Wildman–Crippen LogP) is 3.44. The molecule has 0 unspecified atom stereocenters. The van der Waals surface area contributed by atoms with E-state index in [1.807, 2.05) is 29.3 Å². The molecule has 2 aromatic heterocycles. The Hall–Kier alpha value is -2.56. The zero-order valence-corrected chi connectivity index (χ0v) is 14.2. The van der Waals surface area contributed by atoms with Gasteiger partial charge in [-0.25, -0.2) is 0 Å². The molecule has 0 aliphatic heterocycles. The Bertz CT molecular complexity index is 698. The molecule has 3 rings (SSSR count). The Balaban J connectivity index is 1.87. The van der Waals surface area contributed by atoms with Crippen molar-refractivity contribution < 1.29 is 0 Å². The molecule has 5 nitrogen and oxygen atoms in total. The Morgan fingerprint density at radius 3 is 1.65 bits per heavy atom. The van der Waals surface area contributed by atoms with Crippen LogP contribution < -0.4 is 4.90 Å². The van der Waals surface area contributed by atoms with E-state index in [-0.39, 0.29) is 0 Å². The van der Waals surface area contributed by atoms with Gasteiger partial charge >= 0.3 is 0 Å². The van der Waals surface area contributed by atoms with E-state index in [1.165, 1.54) is 11.1 Å². The smallest absolute Gasteiger partial charge is 0.113 e. The molecule has 5 heteroatoms. The fraction of sp³-hybridized carbons (Fsp3) is 0.333. The SMILES string of the molecule is Cc1cn(CN(Cn2cc(C)c(C)n2)c2ccccc2)nc1C. The van der Waals surface area contributed by atoms with E-state index in [1.54, 1.807) is 0 Å². The molecule has 2 heterocycles. The van der Waals surface area contributed by atoms with Gasteiger partial charge in [0.05, 0.1) is 11.4 Å². The molecule has 0 aliphatic carbocycles. The molecule has 0 saturated heterocycles. The van der Waals surface area contributed by atoms with Gasteiger partial charge in [0.15, 0.2) is 0 Å². The molecule has 0 aliphatic rings. The molecule has 0 amide bonds. The van der Waals surface area contributed by atoms with Crippen LogP contribution in [0.4, 0.5) is 5.69 Å². The van der Waals surface area contributed by atoms with Crippen molar-refractivity contribution in [1.29, 1.82) is 0 Å². The van der Waals surface area contributed by atoms with Gasteiger partial charge in [0.1, 0.15) is 13.3 Å². The topological polar surface area (TPSA) is 38.9 Å². The first kappa shape index (κ1) is 15.3.